The van der Waals surface area contributed by atoms with Crippen molar-refractivity contribution in [3.05, 3.63) is 82.9 Å². The van der Waals surface area contributed by atoms with Gasteiger partial charge in [0.2, 0.25) is 0 Å². The number of hydrogen-bond acceptors (Lipinski definition) is 7. The molecule has 1 amide bonds. The van der Waals surface area contributed by atoms with Crippen LogP contribution in [0.25, 0.3) is 21.5 Å². The molecule has 246 valence electrons. The zero-order valence-corrected chi connectivity index (χ0v) is 28.9. The van der Waals surface area contributed by atoms with Crippen LogP contribution in [0, 0.1) is 30.1 Å². The quantitative estimate of drug-likeness (QED) is 0.189. The summed E-state index contributed by atoms with van der Waals surface area (Å²) >= 11 is 1.44. The Balaban J connectivity index is 0.968. The van der Waals surface area contributed by atoms with Gasteiger partial charge in [-0.25, -0.2) is 9.97 Å². The average Bonchev–Trinajstić information content (AvgIpc) is 3.65. The number of rotatable bonds is 7. The average molecular weight is 658 g/mol. The van der Waals surface area contributed by atoms with Crippen molar-refractivity contribution >= 4 is 38.5 Å². The van der Waals surface area contributed by atoms with Crippen molar-refractivity contribution in [1.29, 1.82) is 0 Å². The number of benzene rings is 1. The molecule has 10 rings (SSSR count). The second-order valence-corrected chi connectivity index (χ2v) is 16.4. The molecule has 4 aliphatic carbocycles. The maximum Gasteiger partial charge on any atom is 0.257 e. The Bertz CT molecular complexity index is 1970. The highest BCUT2D eigenvalue weighted by Crippen LogP contribution is 2.60. The molecular weight excluding hydrogens is 615 g/mol. The smallest absolute Gasteiger partial charge is 0.257 e. The van der Waals surface area contributed by atoms with Crippen molar-refractivity contribution < 1.29 is 4.79 Å². The maximum atomic E-state index is 13.6. The first-order valence-corrected chi connectivity index (χ1v) is 18.5. The highest BCUT2D eigenvalue weighted by Gasteiger charge is 2.51. The van der Waals surface area contributed by atoms with E-state index < -0.39 is 0 Å². The summed E-state index contributed by atoms with van der Waals surface area (Å²) < 4.78 is 3.27. The number of aromatic nitrogens is 5. The number of fused-ring (bicyclic) bond motifs is 2. The lowest BCUT2D eigenvalue weighted by Gasteiger charge is -2.56. The zero-order valence-electron chi connectivity index (χ0n) is 28.1. The number of thiazole rings is 1. The van der Waals surface area contributed by atoms with Crippen LogP contribution in [-0.4, -0.2) is 37.2 Å². The van der Waals surface area contributed by atoms with Gasteiger partial charge in [-0.1, -0.05) is 37.3 Å². The van der Waals surface area contributed by atoms with Gasteiger partial charge in [0.1, 0.15) is 5.82 Å². The summed E-state index contributed by atoms with van der Waals surface area (Å²) in [5.41, 5.74) is 8.80. The van der Waals surface area contributed by atoms with Crippen LogP contribution < -0.4 is 10.2 Å². The van der Waals surface area contributed by atoms with Gasteiger partial charge >= 0.3 is 0 Å². The monoisotopic (exact) mass is 657 g/mol. The fraction of sp³-hybridized carbons (Fsp3) is 0.462. The number of pyridine rings is 2. The van der Waals surface area contributed by atoms with Crippen LogP contribution >= 0.6 is 11.3 Å². The second kappa shape index (κ2) is 11.5. The molecule has 8 nitrogen and oxygen atoms in total. The highest BCUT2D eigenvalue weighted by atomic mass is 32.1. The standard InChI is InChI=1S/C39H43N7OS/c1-23(2)35-29(31-20-41-46(24(31)3)22-39-17-25-14-26(18-39)16-27(15-25)19-39)9-10-34(42-35)45-13-11-28-6-4-7-30(32(28)21-45)37(47)44-38-43-36-33(48-38)8-5-12-40-36/h4-10,12,20,23,25-27H,11,13-19,21-22H2,1-3H3,(H,40,43,44,47). The first kappa shape index (κ1) is 30.0. The number of carbonyl (C=O) groups excluding carboxylic acids is 1. The molecule has 5 aromatic rings. The lowest BCUT2D eigenvalue weighted by molar-refractivity contribution is -0.0638. The van der Waals surface area contributed by atoms with E-state index in [4.69, 9.17) is 10.1 Å². The van der Waals surface area contributed by atoms with E-state index in [-0.39, 0.29) is 11.8 Å². The molecule has 4 aromatic heterocycles. The van der Waals surface area contributed by atoms with Crippen LogP contribution in [0.5, 0.6) is 0 Å². The van der Waals surface area contributed by atoms with Crippen LogP contribution in [0.4, 0.5) is 10.9 Å². The van der Waals surface area contributed by atoms with E-state index in [0.29, 0.717) is 28.3 Å². The van der Waals surface area contributed by atoms with Gasteiger partial charge in [0.05, 0.1) is 16.6 Å². The van der Waals surface area contributed by atoms with Crippen molar-refractivity contribution in [2.75, 3.05) is 16.8 Å². The zero-order chi connectivity index (χ0) is 32.6. The van der Waals surface area contributed by atoms with Crippen molar-refractivity contribution in [3.8, 4) is 11.1 Å². The molecule has 1 N–H and O–H groups in total. The third-order valence-corrected chi connectivity index (χ3v) is 12.7. The van der Waals surface area contributed by atoms with Crippen LogP contribution in [-0.2, 0) is 19.5 Å². The Labute approximate surface area is 286 Å². The lowest BCUT2D eigenvalue weighted by atomic mass is 9.49. The van der Waals surface area contributed by atoms with E-state index in [0.717, 1.165) is 59.0 Å². The van der Waals surface area contributed by atoms with E-state index in [1.165, 1.54) is 72.2 Å². The van der Waals surface area contributed by atoms with Crippen LogP contribution in [0.15, 0.2) is 54.9 Å². The Morgan fingerprint density at radius 1 is 1.00 bits per heavy atom. The van der Waals surface area contributed by atoms with E-state index in [9.17, 15) is 4.79 Å². The molecule has 1 aliphatic heterocycles. The Morgan fingerprint density at radius 3 is 2.54 bits per heavy atom. The number of nitrogens with one attached hydrogen (secondary N) is 1. The predicted molar refractivity (Wildman–Crippen MR) is 191 cm³/mol. The van der Waals surface area contributed by atoms with Crippen molar-refractivity contribution in [1.82, 2.24) is 24.7 Å². The van der Waals surface area contributed by atoms with Gasteiger partial charge in [0, 0.05) is 48.2 Å². The van der Waals surface area contributed by atoms with Gasteiger partial charge in [-0.2, -0.15) is 10.1 Å². The fourth-order valence-electron chi connectivity index (χ4n) is 9.96. The molecule has 0 atom stereocenters. The summed E-state index contributed by atoms with van der Waals surface area (Å²) in [5, 5.41) is 8.61. The summed E-state index contributed by atoms with van der Waals surface area (Å²) in [4.78, 5) is 30.0. The van der Waals surface area contributed by atoms with Gasteiger partial charge < -0.3 is 4.90 Å². The normalized spacial score (nSPS) is 24.4. The summed E-state index contributed by atoms with van der Waals surface area (Å²) in [6.45, 7) is 9.26. The molecule has 48 heavy (non-hydrogen) atoms. The molecule has 4 saturated carbocycles. The minimum Gasteiger partial charge on any atom is -0.352 e. The molecular formula is C39H43N7OS. The molecule has 0 spiro atoms. The molecule has 4 fully saturated rings. The number of amides is 1. The summed E-state index contributed by atoms with van der Waals surface area (Å²) in [7, 11) is 0. The molecule has 9 heteroatoms. The van der Waals surface area contributed by atoms with Crippen molar-refractivity contribution in [3.63, 3.8) is 0 Å². The molecule has 5 aliphatic rings. The predicted octanol–water partition coefficient (Wildman–Crippen LogP) is 8.41. The lowest BCUT2D eigenvalue weighted by Crippen LogP contribution is -2.48. The molecule has 1 aromatic carbocycles. The largest absolute Gasteiger partial charge is 0.352 e. The van der Waals surface area contributed by atoms with Crippen LogP contribution in [0.3, 0.4) is 0 Å². The van der Waals surface area contributed by atoms with E-state index in [2.05, 4.69) is 70.0 Å². The molecule has 0 radical (unpaired) electrons. The molecule has 0 unspecified atom stereocenters. The number of carbonyl (C=O) groups is 1. The highest BCUT2D eigenvalue weighted by molar-refractivity contribution is 7.22. The minimum absolute atomic E-state index is 0.139. The maximum absolute atomic E-state index is 13.6. The van der Waals surface area contributed by atoms with E-state index >= 15 is 0 Å². The van der Waals surface area contributed by atoms with Crippen molar-refractivity contribution in [2.24, 2.45) is 23.2 Å². The molecule has 4 bridgehead atoms. The topological polar surface area (TPSA) is 88.8 Å². The molecule has 0 saturated heterocycles. The first-order chi connectivity index (χ1) is 23.3. The van der Waals surface area contributed by atoms with Gasteiger partial charge in [0.15, 0.2) is 10.8 Å². The third-order valence-electron chi connectivity index (χ3n) is 11.7. The number of nitrogens with zero attached hydrogens (tertiary/aromatic N) is 6. The van der Waals surface area contributed by atoms with Crippen molar-refractivity contribution in [2.45, 2.75) is 84.7 Å². The van der Waals surface area contributed by atoms with Gasteiger partial charge in [-0.05, 0) is 122 Å². The van der Waals surface area contributed by atoms with Gasteiger partial charge in [0.25, 0.3) is 5.91 Å². The van der Waals surface area contributed by atoms with Crippen LogP contribution in [0.2, 0.25) is 0 Å². The second-order valence-electron chi connectivity index (χ2n) is 15.4. The summed E-state index contributed by atoms with van der Waals surface area (Å²) in [5.74, 6) is 3.91. The Hall–Kier alpha value is -4.11. The Kier molecular flexibility index (Phi) is 7.19. The van der Waals surface area contributed by atoms with E-state index in [1.807, 2.05) is 24.3 Å². The third kappa shape index (κ3) is 5.21. The fourth-order valence-corrected chi connectivity index (χ4v) is 10.8. The van der Waals surface area contributed by atoms with E-state index in [1.54, 1.807) is 6.20 Å². The summed E-state index contributed by atoms with van der Waals surface area (Å²) in [6.07, 6.45) is 13.3. The first-order valence-electron chi connectivity index (χ1n) is 17.7. The SMILES string of the molecule is Cc1c(-c2ccc(N3CCc4cccc(C(=O)Nc5nc6ncccc6s5)c4C3)nc2C(C)C)cnn1CC12CC3CC(CC(C3)C1)C2. The number of hydrogen-bond donors (Lipinski definition) is 1. The molecule has 5 heterocycles. The Morgan fingerprint density at radius 2 is 1.79 bits per heavy atom. The summed E-state index contributed by atoms with van der Waals surface area (Å²) in [6, 6.07) is 14.3. The number of anilines is 2. The van der Waals surface area contributed by atoms with Crippen LogP contribution in [0.1, 0.15) is 91.2 Å². The minimum atomic E-state index is -0.139. The van der Waals surface area contributed by atoms with Gasteiger partial charge in [-0.3, -0.25) is 14.8 Å². The van der Waals surface area contributed by atoms with Gasteiger partial charge in [-0.15, -0.1) is 0 Å².